The molecular formula is C16H29NO2Si. The van der Waals surface area contributed by atoms with Crippen LogP contribution in [0.5, 0.6) is 0 Å². The van der Waals surface area contributed by atoms with Crippen LogP contribution in [0.3, 0.4) is 0 Å². The van der Waals surface area contributed by atoms with Gasteiger partial charge in [0.1, 0.15) is 0 Å². The summed E-state index contributed by atoms with van der Waals surface area (Å²) < 4.78 is 11.8. The van der Waals surface area contributed by atoms with E-state index in [0.29, 0.717) is 6.04 Å². The van der Waals surface area contributed by atoms with Crippen LogP contribution in [-0.4, -0.2) is 28.5 Å². The van der Waals surface area contributed by atoms with Crippen LogP contribution in [0.1, 0.15) is 39.2 Å². The summed E-state index contributed by atoms with van der Waals surface area (Å²) in [4.78, 5) is 0. The quantitative estimate of drug-likeness (QED) is 0.636. The first kappa shape index (κ1) is 17.4. The molecule has 1 atom stereocenters. The Bertz CT molecular complexity index is 327. The van der Waals surface area contributed by atoms with Crippen LogP contribution in [0.2, 0.25) is 6.04 Å². The van der Waals surface area contributed by atoms with Gasteiger partial charge in [0.15, 0.2) is 0 Å². The summed E-state index contributed by atoms with van der Waals surface area (Å²) in [5.74, 6) is 0. The van der Waals surface area contributed by atoms with Crippen molar-refractivity contribution in [3.63, 3.8) is 0 Å². The Balaban J connectivity index is 2.30. The zero-order valence-corrected chi connectivity index (χ0v) is 14.3. The molecule has 3 nitrogen and oxygen atoms in total. The standard InChI is InChI=1S/C16H29NO2Si/c1-4-11-18-20(19-12-5-2)14-15(3)17-13-16-9-7-6-8-10-16/h6-10,15,17,20H,4-5,11-14H2,1-3H3. The van der Waals surface area contributed by atoms with Crippen LogP contribution in [0, 0.1) is 0 Å². The summed E-state index contributed by atoms with van der Waals surface area (Å²) in [6.07, 6.45) is 2.12. The Morgan fingerprint density at radius 1 is 1.05 bits per heavy atom. The van der Waals surface area contributed by atoms with Gasteiger partial charge in [0.25, 0.3) is 0 Å². The fourth-order valence-corrected chi connectivity index (χ4v) is 4.05. The van der Waals surface area contributed by atoms with Gasteiger partial charge in [-0.3, -0.25) is 0 Å². The van der Waals surface area contributed by atoms with E-state index < -0.39 is 9.28 Å². The molecule has 4 heteroatoms. The fourth-order valence-electron chi connectivity index (χ4n) is 1.94. The summed E-state index contributed by atoms with van der Waals surface area (Å²) in [6.45, 7) is 9.06. The molecular weight excluding hydrogens is 266 g/mol. The molecule has 0 spiro atoms. The van der Waals surface area contributed by atoms with Gasteiger partial charge in [-0.05, 0) is 25.3 Å². The predicted octanol–water partition coefficient (Wildman–Crippen LogP) is 3.24. The molecule has 0 aliphatic carbocycles. The molecule has 0 aromatic heterocycles. The Morgan fingerprint density at radius 3 is 2.20 bits per heavy atom. The van der Waals surface area contributed by atoms with Crippen LogP contribution < -0.4 is 5.32 Å². The first-order valence-corrected chi connectivity index (χ1v) is 9.52. The van der Waals surface area contributed by atoms with Crippen LogP contribution in [-0.2, 0) is 15.4 Å². The van der Waals surface area contributed by atoms with Gasteiger partial charge in [-0.15, -0.1) is 0 Å². The van der Waals surface area contributed by atoms with Crippen molar-refractivity contribution in [3.05, 3.63) is 35.9 Å². The summed E-state index contributed by atoms with van der Waals surface area (Å²) in [7, 11) is -1.51. The van der Waals surface area contributed by atoms with Crippen LogP contribution in [0.15, 0.2) is 30.3 Å². The topological polar surface area (TPSA) is 30.5 Å². The fraction of sp³-hybridized carbons (Fsp3) is 0.625. The molecule has 1 unspecified atom stereocenters. The maximum absolute atomic E-state index is 5.89. The van der Waals surface area contributed by atoms with Crippen molar-refractivity contribution in [2.75, 3.05) is 13.2 Å². The van der Waals surface area contributed by atoms with E-state index in [4.69, 9.17) is 8.85 Å². The molecule has 0 saturated carbocycles. The van der Waals surface area contributed by atoms with Gasteiger partial charge in [-0.1, -0.05) is 44.2 Å². The third-order valence-electron chi connectivity index (χ3n) is 3.06. The van der Waals surface area contributed by atoms with E-state index in [0.717, 1.165) is 38.6 Å². The zero-order valence-electron chi connectivity index (χ0n) is 13.1. The van der Waals surface area contributed by atoms with E-state index in [1.165, 1.54) is 5.56 Å². The summed E-state index contributed by atoms with van der Waals surface area (Å²) >= 11 is 0. The zero-order chi connectivity index (χ0) is 14.6. The van der Waals surface area contributed by atoms with Gasteiger partial charge < -0.3 is 14.2 Å². The number of benzene rings is 1. The Labute approximate surface area is 125 Å². The largest absolute Gasteiger partial charge is 0.396 e. The molecule has 20 heavy (non-hydrogen) atoms. The average Bonchev–Trinajstić information content (AvgIpc) is 2.49. The molecule has 0 bridgehead atoms. The lowest BCUT2D eigenvalue weighted by Gasteiger charge is -2.21. The smallest absolute Gasteiger partial charge is 0.322 e. The number of hydrogen-bond acceptors (Lipinski definition) is 3. The van der Waals surface area contributed by atoms with Gasteiger partial charge in [0.05, 0.1) is 0 Å². The number of nitrogens with one attached hydrogen (secondary N) is 1. The second-order valence-electron chi connectivity index (χ2n) is 5.17. The van der Waals surface area contributed by atoms with E-state index in [9.17, 15) is 0 Å². The minimum Gasteiger partial charge on any atom is -0.396 e. The maximum atomic E-state index is 5.89. The lowest BCUT2D eigenvalue weighted by molar-refractivity contribution is 0.193. The Kier molecular flexibility index (Phi) is 9.58. The second-order valence-corrected chi connectivity index (χ2v) is 7.17. The van der Waals surface area contributed by atoms with Crippen molar-refractivity contribution in [3.8, 4) is 0 Å². The van der Waals surface area contributed by atoms with Crippen molar-refractivity contribution in [1.29, 1.82) is 0 Å². The minimum absolute atomic E-state index is 0.431. The van der Waals surface area contributed by atoms with Crippen molar-refractivity contribution < 1.29 is 8.85 Å². The van der Waals surface area contributed by atoms with Crippen molar-refractivity contribution in [2.45, 2.75) is 52.2 Å². The highest BCUT2D eigenvalue weighted by Crippen LogP contribution is 2.06. The SMILES string of the molecule is CCCO[SiH](CC(C)NCc1ccccc1)OCCC. The Morgan fingerprint density at radius 2 is 1.65 bits per heavy atom. The van der Waals surface area contributed by atoms with Gasteiger partial charge >= 0.3 is 9.28 Å². The first-order chi connectivity index (χ1) is 9.76. The third-order valence-corrected chi connectivity index (χ3v) is 5.37. The lowest BCUT2D eigenvalue weighted by atomic mass is 10.2. The van der Waals surface area contributed by atoms with Crippen molar-refractivity contribution >= 4 is 9.28 Å². The molecule has 0 aliphatic rings. The third kappa shape index (κ3) is 7.80. The maximum Gasteiger partial charge on any atom is 0.322 e. The Hall–Kier alpha value is -0.683. The van der Waals surface area contributed by atoms with Crippen LogP contribution in [0.4, 0.5) is 0 Å². The van der Waals surface area contributed by atoms with E-state index in [1.807, 2.05) is 6.07 Å². The van der Waals surface area contributed by atoms with Gasteiger partial charge in [-0.25, -0.2) is 0 Å². The van der Waals surface area contributed by atoms with Gasteiger partial charge in [0.2, 0.25) is 0 Å². The van der Waals surface area contributed by atoms with Crippen molar-refractivity contribution in [2.24, 2.45) is 0 Å². The number of rotatable bonds is 11. The molecule has 0 amide bonds. The molecule has 114 valence electrons. The van der Waals surface area contributed by atoms with E-state index in [1.54, 1.807) is 0 Å². The highest BCUT2D eigenvalue weighted by atomic mass is 28.3. The molecule has 0 aliphatic heterocycles. The first-order valence-electron chi connectivity index (χ1n) is 7.76. The predicted molar refractivity (Wildman–Crippen MR) is 87.2 cm³/mol. The molecule has 1 N–H and O–H groups in total. The molecule has 1 aromatic carbocycles. The summed E-state index contributed by atoms with van der Waals surface area (Å²) in [5, 5.41) is 3.56. The molecule has 0 saturated heterocycles. The van der Waals surface area contributed by atoms with Gasteiger partial charge in [0, 0.05) is 31.8 Å². The van der Waals surface area contributed by atoms with E-state index in [2.05, 4.69) is 50.4 Å². The van der Waals surface area contributed by atoms with Crippen LogP contribution in [0.25, 0.3) is 0 Å². The van der Waals surface area contributed by atoms with Crippen molar-refractivity contribution in [1.82, 2.24) is 5.32 Å². The highest BCUT2D eigenvalue weighted by molar-refractivity contribution is 6.44. The molecule has 1 rings (SSSR count). The average molecular weight is 295 g/mol. The highest BCUT2D eigenvalue weighted by Gasteiger charge is 2.17. The summed E-state index contributed by atoms with van der Waals surface area (Å²) in [5.41, 5.74) is 1.32. The van der Waals surface area contributed by atoms with E-state index >= 15 is 0 Å². The summed E-state index contributed by atoms with van der Waals surface area (Å²) in [6, 6.07) is 12.0. The lowest BCUT2D eigenvalue weighted by Crippen LogP contribution is -2.34. The normalized spacial score (nSPS) is 12.8. The second kappa shape index (κ2) is 11.0. The minimum atomic E-state index is -1.51. The van der Waals surface area contributed by atoms with Crippen LogP contribution >= 0.6 is 0 Å². The molecule has 1 aromatic rings. The number of hydrogen-bond donors (Lipinski definition) is 1. The molecule has 0 radical (unpaired) electrons. The molecule has 0 heterocycles. The van der Waals surface area contributed by atoms with E-state index in [-0.39, 0.29) is 0 Å². The molecule has 0 fully saturated rings. The monoisotopic (exact) mass is 295 g/mol. The van der Waals surface area contributed by atoms with Gasteiger partial charge in [-0.2, -0.15) is 0 Å².